The number of nitrogens with zero attached hydrogens (tertiary/aromatic N) is 2. The van der Waals surface area contributed by atoms with Crippen molar-refractivity contribution in [1.29, 1.82) is 0 Å². The van der Waals surface area contributed by atoms with E-state index in [4.69, 9.17) is 5.73 Å². The summed E-state index contributed by atoms with van der Waals surface area (Å²) in [5, 5.41) is 5.44. The van der Waals surface area contributed by atoms with Crippen molar-refractivity contribution in [3.05, 3.63) is 24.3 Å². The van der Waals surface area contributed by atoms with Gasteiger partial charge < -0.3 is 5.73 Å². The minimum absolute atomic E-state index is 0.312. The van der Waals surface area contributed by atoms with Gasteiger partial charge in [-0.05, 0) is 26.0 Å². The van der Waals surface area contributed by atoms with Crippen LogP contribution in [0.25, 0.3) is 10.9 Å². The Labute approximate surface area is 77.2 Å². The standard InChI is InChI=1S/C10H13N3/c1-7(2)13-10(11)8-5-3-4-6-9(8)12-13/h3-7H,11H2,1-2H3. The molecule has 3 heteroatoms. The predicted molar refractivity (Wildman–Crippen MR) is 54.5 cm³/mol. The SMILES string of the molecule is CC(C)n1nc2ccccc2c1N. The fraction of sp³-hybridized carbons (Fsp3) is 0.300. The third-order valence-electron chi connectivity index (χ3n) is 2.13. The molecule has 0 aliphatic carbocycles. The average Bonchev–Trinajstić information content (AvgIpc) is 2.45. The van der Waals surface area contributed by atoms with Gasteiger partial charge in [0.15, 0.2) is 0 Å². The van der Waals surface area contributed by atoms with Crippen molar-refractivity contribution in [2.24, 2.45) is 0 Å². The summed E-state index contributed by atoms with van der Waals surface area (Å²) in [6, 6.07) is 8.23. The second-order valence-electron chi connectivity index (χ2n) is 3.44. The molecule has 2 aromatic rings. The highest BCUT2D eigenvalue weighted by atomic mass is 15.3. The maximum Gasteiger partial charge on any atom is 0.129 e. The van der Waals surface area contributed by atoms with Crippen LogP contribution in [0.3, 0.4) is 0 Å². The monoisotopic (exact) mass is 175 g/mol. The van der Waals surface area contributed by atoms with Crippen molar-refractivity contribution >= 4 is 16.7 Å². The number of nitrogen functional groups attached to an aromatic ring is 1. The molecule has 3 nitrogen and oxygen atoms in total. The lowest BCUT2D eigenvalue weighted by Crippen LogP contribution is -2.06. The molecule has 0 atom stereocenters. The molecule has 2 rings (SSSR count). The van der Waals surface area contributed by atoms with Crippen LogP contribution in [0.1, 0.15) is 19.9 Å². The zero-order valence-electron chi connectivity index (χ0n) is 7.86. The van der Waals surface area contributed by atoms with E-state index in [2.05, 4.69) is 18.9 Å². The largest absolute Gasteiger partial charge is 0.383 e. The molecular formula is C10H13N3. The molecule has 2 N–H and O–H groups in total. The molecular weight excluding hydrogens is 162 g/mol. The third kappa shape index (κ3) is 1.16. The minimum atomic E-state index is 0.312. The van der Waals surface area contributed by atoms with Crippen molar-refractivity contribution in [3.8, 4) is 0 Å². The number of hydrogen-bond acceptors (Lipinski definition) is 2. The summed E-state index contributed by atoms with van der Waals surface area (Å²) in [5.41, 5.74) is 6.91. The van der Waals surface area contributed by atoms with Crippen LogP contribution in [-0.4, -0.2) is 9.78 Å². The van der Waals surface area contributed by atoms with Gasteiger partial charge in [0.25, 0.3) is 0 Å². The van der Waals surface area contributed by atoms with Crippen LogP contribution < -0.4 is 5.73 Å². The first kappa shape index (κ1) is 8.10. The van der Waals surface area contributed by atoms with Crippen LogP contribution in [-0.2, 0) is 0 Å². The number of hydrogen-bond donors (Lipinski definition) is 1. The van der Waals surface area contributed by atoms with Gasteiger partial charge in [0.1, 0.15) is 5.82 Å². The lowest BCUT2D eigenvalue weighted by molar-refractivity contribution is 0.545. The highest BCUT2D eigenvalue weighted by Gasteiger charge is 2.08. The van der Waals surface area contributed by atoms with Gasteiger partial charge in [-0.15, -0.1) is 0 Å². The normalized spacial score (nSPS) is 11.3. The Kier molecular flexibility index (Phi) is 1.72. The first-order chi connectivity index (χ1) is 6.20. The molecule has 13 heavy (non-hydrogen) atoms. The molecule has 0 saturated heterocycles. The van der Waals surface area contributed by atoms with Crippen LogP contribution in [0.4, 0.5) is 5.82 Å². The van der Waals surface area contributed by atoms with Gasteiger partial charge in [0, 0.05) is 11.4 Å². The maximum atomic E-state index is 5.94. The molecule has 0 saturated carbocycles. The topological polar surface area (TPSA) is 43.8 Å². The van der Waals surface area contributed by atoms with Crippen molar-refractivity contribution in [2.75, 3.05) is 5.73 Å². The van der Waals surface area contributed by atoms with Crippen LogP contribution in [0, 0.1) is 0 Å². The van der Waals surface area contributed by atoms with Crippen molar-refractivity contribution < 1.29 is 0 Å². The Morgan fingerprint density at radius 3 is 2.62 bits per heavy atom. The molecule has 0 bridgehead atoms. The summed E-state index contributed by atoms with van der Waals surface area (Å²) in [4.78, 5) is 0. The van der Waals surface area contributed by atoms with Gasteiger partial charge >= 0.3 is 0 Å². The van der Waals surface area contributed by atoms with E-state index in [1.54, 1.807) is 0 Å². The first-order valence-corrected chi connectivity index (χ1v) is 4.43. The molecule has 1 aromatic carbocycles. The second-order valence-corrected chi connectivity index (χ2v) is 3.44. The Morgan fingerprint density at radius 2 is 2.00 bits per heavy atom. The zero-order valence-corrected chi connectivity index (χ0v) is 7.86. The van der Waals surface area contributed by atoms with Crippen LogP contribution in [0.5, 0.6) is 0 Å². The Bertz CT molecular complexity index is 429. The van der Waals surface area contributed by atoms with Crippen molar-refractivity contribution in [3.63, 3.8) is 0 Å². The third-order valence-corrected chi connectivity index (χ3v) is 2.13. The fourth-order valence-corrected chi connectivity index (χ4v) is 1.46. The Balaban J connectivity index is 2.74. The quantitative estimate of drug-likeness (QED) is 0.722. The van der Waals surface area contributed by atoms with E-state index in [9.17, 15) is 0 Å². The van der Waals surface area contributed by atoms with Crippen LogP contribution in [0.2, 0.25) is 0 Å². The molecule has 0 unspecified atom stereocenters. The summed E-state index contributed by atoms with van der Waals surface area (Å²) in [5.74, 6) is 0.755. The number of benzene rings is 1. The fourth-order valence-electron chi connectivity index (χ4n) is 1.46. The maximum absolute atomic E-state index is 5.94. The lowest BCUT2D eigenvalue weighted by atomic mass is 10.2. The lowest BCUT2D eigenvalue weighted by Gasteiger charge is -2.06. The summed E-state index contributed by atoms with van der Waals surface area (Å²) < 4.78 is 1.85. The molecule has 0 spiro atoms. The van der Waals surface area contributed by atoms with Crippen LogP contribution in [0.15, 0.2) is 24.3 Å². The summed E-state index contributed by atoms with van der Waals surface area (Å²) in [7, 11) is 0. The van der Waals surface area contributed by atoms with Crippen molar-refractivity contribution in [2.45, 2.75) is 19.9 Å². The van der Waals surface area contributed by atoms with E-state index in [1.807, 2.05) is 28.9 Å². The van der Waals surface area contributed by atoms with Gasteiger partial charge in [-0.2, -0.15) is 5.10 Å². The van der Waals surface area contributed by atoms with Crippen LogP contribution >= 0.6 is 0 Å². The highest BCUT2D eigenvalue weighted by Crippen LogP contribution is 2.22. The van der Waals surface area contributed by atoms with Gasteiger partial charge in [0.2, 0.25) is 0 Å². The Hall–Kier alpha value is -1.51. The molecule has 0 fully saturated rings. The van der Waals surface area contributed by atoms with Gasteiger partial charge in [0.05, 0.1) is 5.52 Å². The van der Waals surface area contributed by atoms with E-state index >= 15 is 0 Å². The van der Waals surface area contributed by atoms with E-state index < -0.39 is 0 Å². The van der Waals surface area contributed by atoms with E-state index in [-0.39, 0.29) is 0 Å². The van der Waals surface area contributed by atoms with Gasteiger partial charge in [-0.1, -0.05) is 12.1 Å². The first-order valence-electron chi connectivity index (χ1n) is 4.43. The highest BCUT2D eigenvalue weighted by molar-refractivity contribution is 5.88. The number of anilines is 1. The average molecular weight is 175 g/mol. The number of rotatable bonds is 1. The molecule has 0 aliphatic heterocycles. The Morgan fingerprint density at radius 1 is 1.31 bits per heavy atom. The molecule has 1 heterocycles. The number of fused-ring (bicyclic) bond motifs is 1. The van der Waals surface area contributed by atoms with E-state index in [1.165, 1.54) is 0 Å². The van der Waals surface area contributed by atoms with E-state index in [0.29, 0.717) is 6.04 Å². The summed E-state index contributed by atoms with van der Waals surface area (Å²) >= 11 is 0. The van der Waals surface area contributed by atoms with Gasteiger partial charge in [-0.25, -0.2) is 4.68 Å². The molecule has 0 radical (unpaired) electrons. The molecule has 0 amide bonds. The van der Waals surface area contributed by atoms with Gasteiger partial charge in [-0.3, -0.25) is 0 Å². The van der Waals surface area contributed by atoms with E-state index in [0.717, 1.165) is 16.7 Å². The second kappa shape index (κ2) is 2.76. The number of nitrogens with two attached hydrogens (primary N) is 1. The summed E-state index contributed by atoms with van der Waals surface area (Å²) in [6.07, 6.45) is 0. The molecule has 68 valence electrons. The smallest absolute Gasteiger partial charge is 0.129 e. The summed E-state index contributed by atoms with van der Waals surface area (Å²) in [6.45, 7) is 4.14. The number of aromatic nitrogens is 2. The van der Waals surface area contributed by atoms with Crippen molar-refractivity contribution in [1.82, 2.24) is 9.78 Å². The molecule has 0 aliphatic rings. The molecule has 1 aromatic heterocycles. The predicted octanol–water partition coefficient (Wildman–Crippen LogP) is 2.20. The minimum Gasteiger partial charge on any atom is -0.383 e. The zero-order chi connectivity index (χ0) is 9.42.